The van der Waals surface area contributed by atoms with E-state index in [0.29, 0.717) is 0 Å². The number of carbonyl (C=O) groups excluding carboxylic acids is 1. The van der Waals surface area contributed by atoms with Crippen LogP contribution in [0.25, 0.3) is 11.7 Å². The Bertz CT molecular complexity index is 1160. The van der Waals surface area contributed by atoms with Gasteiger partial charge in [-0.05, 0) is 30.3 Å². The van der Waals surface area contributed by atoms with Gasteiger partial charge in [-0.3, -0.25) is 14.0 Å². The van der Waals surface area contributed by atoms with Gasteiger partial charge >= 0.3 is 0 Å². The molecular weight excluding hydrogens is 351 g/mol. The van der Waals surface area contributed by atoms with E-state index in [2.05, 4.69) is 10.3 Å². The van der Waals surface area contributed by atoms with Crippen LogP contribution in [0.2, 0.25) is 0 Å². The van der Waals surface area contributed by atoms with Gasteiger partial charge in [0, 0.05) is 13.2 Å². The van der Waals surface area contributed by atoms with Crippen molar-refractivity contribution in [1.82, 2.24) is 14.7 Å². The number of nitriles is 1. The molecule has 2 heterocycles. The highest BCUT2D eigenvalue weighted by molar-refractivity contribution is 6.01. The van der Waals surface area contributed by atoms with Crippen LogP contribution in [-0.4, -0.2) is 22.3 Å². The number of halogens is 1. The van der Waals surface area contributed by atoms with Gasteiger partial charge in [-0.25, -0.2) is 4.39 Å². The number of likely N-dealkylation sites (N-methyl/N-ethyl adjacent to an activating group) is 1. The SMILES string of the molecule is CNC(=O)C(C#N)=Cc1c(Oc2ccccc2F)nc2ccccn2c1=O. The second-order valence-electron chi connectivity index (χ2n) is 5.35. The molecule has 3 rings (SSSR count). The lowest BCUT2D eigenvalue weighted by atomic mass is 10.1. The lowest BCUT2D eigenvalue weighted by Crippen LogP contribution is -2.22. The standard InChI is InChI=1S/C19H13FN4O3/c1-22-17(25)12(11-21)10-13-18(27-15-7-3-2-6-14(15)20)23-16-8-4-5-9-24(16)19(13)26/h2-10H,1H3,(H,22,25). The van der Waals surface area contributed by atoms with Crippen LogP contribution in [0.5, 0.6) is 11.6 Å². The Balaban J connectivity index is 2.26. The van der Waals surface area contributed by atoms with Crippen molar-refractivity contribution >= 4 is 17.6 Å². The summed E-state index contributed by atoms with van der Waals surface area (Å²) < 4.78 is 20.7. The quantitative estimate of drug-likeness (QED) is 0.566. The summed E-state index contributed by atoms with van der Waals surface area (Å²) in [5, 5.41) is 11.5. The molecule has 0 bridgehead atoms. The molecular formula is C19H13FN4O3. The summed E-state index contributed by atoms with van der Waals surface area (Å²) in [6.45, 7) is 0. The second-order valence-corrected chi connectivity index (χ2v) is 5.35. The third-order valence-corrected chi connectivity index (χ3v) is 3.66. The Morgan fingerprint density at radius 3 is 2.74 bits per heavy atom. The summed E-state index contributed by atoms with van der Waals surface area (Å²) in [5.41, 5.74) is -0.763. The molecule has 1 N–H and O–H groups in total. The van der Waals surface area contributed by atoms with Gasteiger partial charge < -0.3 is 10.1 Å². The molecule has 0 unspecified atom stereocenters. The number of nitrogens with zero attached hydrogens (tertiary/aromatic N) is 3. The van der Waals surface area contributed by atoms with Gasteiger partial charge in [-0.15, -0.1) is 0 Å². The van der Waals surface area contributed by atoms with Gasteiger partial charge in [0.05, 0.1) is 0 Å². The smallest absolute Gasteiger partial charge is 0.269 e. The molecule has 2 aromatic heterocycles. The number of fused-ring (bicyclic) bond motifs is 1. The lowest BCUT2D eigenvalue weighted by Gasteiger charge is -2.10. The van der Waals surface area contributed by atoms with Gasteiger partial charge in [-0.1, -0.05) is 18.2 Å². The number of pyridine rings is 1. The normalized spacial score (nSPS) is 11.1. The first kappa shape index (κ1) is 17.8. The van der Waals surface area contributed by atoms with Gasteiger partial charge in [0.15, 0.2) is 11.6 Å². The van der Waals surface area contributed by atoms with E-state index in [1.165, 1.54) is 35.8 Å². The van der Waals surface area contributed by atoms with E-state index in [9.17, 15) is 19.2 Å². The number of carbonyl (C=O) groups is 1. The third-order valence-electron chi connectivity index (χ3n) is 3.66. The van der Waals surface area contributed by atoms with E-state index in [1.807, 2.05) is 0 Å². The van der Waals surface area contributed by atoms with Gasteiger partial charge in [0.2, 0.25) is 5.88 Å². The Hall–Kier alpha value is -3.99. The van der Waals surface area contributed by atoms with E-state index in [0.717, 1.165) is 6.08 Å². The molecule has 0 atom stereocenters. The average Bonchev–Trinajstić information content (AvgIpc) is 2.69. The summed E-state index contributed by atoms with van der Waals surface area (Å²) >= 11 is 0. The molecule has 27 heavy (non-hydrogen) atoms. The molecule has 3 aromatic rings. The predicted molar refractivity (Wildman–Crippen MR) is 95.6 cm³/mol. The van der Waals surface area contributed by atoms with Crippen LogP contribution < -0.4 is 15.6 Å². The minimum absolute atomic E-state index is 0.141. The highest BCUT2D eigenvalue weighted by Crippen LogP contribution is 2.26. The number of amides is 1. The molecule has 0 saturated carbocycles. The van der Waals surface area contributed by atoms with Gasteiger partial charge in [0.1, 0.15) is 22.9 Å². The van der Waals surface area contributed by atoms with Crippen molar-refractivity contribution in [1.29, 1.82) is 5.26 Å². The highest BCUT2D eigenvalue weighted by atomic mass is 19.1. The number of hydrogen-bond acceptors (Lipinski definition) is 5. The van der Waals surface area contributed by atoms with Gasteiger partial charge in [-0.2, -0.15) is 10.2 Å². The molecule has 0 spiro atoms. The Labute approximate surface area is 153 Å². The fourth-order valence-electron chi connectivity index (χ4n) is 2.34. The summed E-state index contributed by atoms with van der Waals surface area (Å²) in [5.74, 6) is -1.67. The van der Waals surface area contributed by atoms with Crippen molar-refractivity contribution in [3.05, 3.63) is 76.0 Å². The molecule has 7 nitrogen and oxygen atoms in total. The number of aromatic nitrogens is 2. The van der Waals surface area contributed by atoms with Crippen LogP contribution >= 0.6 is 0 Å². The topological polar surface area (TPSA) is 96.5 Å². The van der Waals surface area contributed by atoms with Crippen LogP contribution in [0.1, 0.15) is 5.56 Å². The first-order valence-electron chi connectivity index (χ1n) is 7.83. The fourth-order valence-corrected chi connectivity index (χ4v) is 2.34. The monoisotopic (exact) mass is 364 g/mol. The van der Waals surface area contributed by atoms with E-state index >= 15 is 0 Å². The van der Waals surface area contributed by atoms with E-state index < -0.39 is 17.3 Å². The number of nitrogens with one attached hydrogen (secondary N) is 1. The maximum absolute atomic E-state index is 14.0. The predicted octanol–water partition coefficient (Wildman–Crippen LogP) is 2.28. The first-order chi connectivity index (χ1) is 13.0. The van der Waals surface area contributed by atoms with E-state index in [4.69, 9.17) is 4.74 Å². The molecule has 1 amide bonds. The summed E-state index contributed by atoms with van der Waals surface area (Å²) in [6.07, 6.45) is 2.56. The number of rotatable bonds is 4. The molecule has 1 aromatic carbocycles. The Morgan fingerprint density at radius 1 is 1.30 bits per heavy atom. The summed E-state index contributed by atoms with van der Waals surface area (Å²) in [7, 11) is 1.36. The third kappa shape index (κ3) is 3.52. The van der Waals surface area contributed by atoms with E-state index in [-0.39, 0.29) is 28.4 Å². The van der Waals surface area contributed by atoms with Crippen LogP contribution in [0.4, 0.5) is 4.39 Å². The molecule has 0 saturated heterocycles. The van der Waals surface area contributed by atoms with Crippen molar-refractivity contribution in [3.8, 4) is 17.7 Å². The molecule has 0 fully saturated rings. The van der Waals surface area contributed by atoms with Crippen molar-refractivity contribution in [3.63, 3.8) is 0 Å². The zero-order chi connectivity index (χ0) is 19.4. The number of hydrogen-bond donors (Lipinski definition) is 1. The molecule has 0 radical (unpaired) electrons. The van der Waals surface area contributed by atoms with Crippen LogP contribution in [0.3, 0.4) is 0 Å². The van der Waals surface area contributed by atoms with Crippen molar-refractivity contribution < 1.29 is 13.9 Å². The summed E-state index contributed by atoms with van der Waals surface area (Å²) in [6, 6.07) is 12.2. The highest BCUT2D eigenvalue weighted by Gasteiger charge is 2.17. The first-order valence-corrected chi connectivity index (χ1v) is 7.83. The van der Waals surface area contributed by atoms with Gasteiger partial charge in [0.25, 0.3) is 11.5 Å². The maximum atomic E-state index is 14.0. The zero-order valence-corrected chi connectivity index (χ0v) is 14.1. The zero-order valence-electron chi connectivity index (χ0n) is 14.1. The number of para-hydroxylation sites is 1. The van der Waals surface area contributed by atoms with Crippen LogP contribution in [-0.2, 0) is 4.79 Å². The minimum Gasteiger partial charge on any atom is -0.435 e. The summed E-state index contributed by atoms with van der Waals surface area (Å²) in [4.78, 5) is 28.9. The Morgan fingerprint density at radius 2 is 2.04 bits per heavy atom. The van der Waals surface area contributed by atoms with Crippen LogP contribution in [0, 0.1) is 17.1 Å². The number of benzene rings is 1. The van der Waals surface area contributed by atoms with Crippen molar-refractivity contribution in [2.24, 2.45) is 0 Å². The van der Waals surface area contributed by atoms with Crippen LogP contribution in [0.15, 0.2) is 59.0 Å². The molecule has 0 aliphatic heterocycles. The molecule has 0 aliphatic carbocycles. The van der Waals surface area contributed by atoms with E-state index in [1.54, 1.807) is 30.3 Å². The van der Waals surface area contributed by atoms with Crippen molar-refractivity contribution in [2.45, 2.75) is 0 Å². The Kier molecular flexibility index (Phi) is 4.95. The van der Waals surface area contributed by atoms with Crippen molar-refractivity contribution in [2.75, 3.05) is 7.05 Å². The average molecular weight is 364 g/mol. The fraction of sp³-hybridized carbons (Fsp3) is 0.0526. The second kappa shape index (κ2) is 7.49. The minimum atomic E-state index is -0.674. The lowest BCUT2D eigenvalue weighted by molar-refractivity contribution is -0.116. The largest absolute Gasteiger partial charge is 0.435 e. The molecule has 8 heteroatoms. The number of ether oxygens (including phenoxy) is 1. The molecule has 0 aliphatic rings. The maximum Gasteiger partial charge on any atom is 0.269 e. The molecule has 134 valence electrons.